The summed E-state index contributed by atoms with van der Waals surface area (Å²) < 4.78 is 0. The monoisotopic (exact) mass is 220 g/mol. The zero-order valence-electron chi connectivity index (χ0n) is 10.8. The molecule has 0 heterocycles. The van der Waals surface area contributed by atoms with Crippen LogP contribution < -0.4 is 0 Å². The summed E-state index contributed by atoms with van der Waals surface area (Å²) in [6.07, 6.45) is 6.41. The van der Waals surface area contributed by atoms with E-state index in [1.165, 1.54) is 12.0 Å². The molecule has 0 aromatic rings. The molecular formula is C15H24O. The molecule has 1 nitrogen and oxygen atoms in total. The predicted molar refractivity (Wildman–Crippen MR) is 68.1 cm³/mol. The highest BCUT2D eigenvalue weighted by Gasteiger charge is 2.47. The van der Waals surface area contributed by atoms with E-state index in [1.54, 1.807) is 0 Å². The largest absolute Gasteiger partial charge is 0.385 e. The van der Waals surface area contributed by atoms with Crippen LogP contribution in [0.2, 0.25) is 0 Å². The molecule has 0 radical (unpaired) electrons. The summed E-state index contributed by atoms with van der Waals surface area (Å²) in [6.45, 7) is 10.8. The van der Waals surface area contributed by atoms with Crippen molar-refractivity contribution in [3.63, 3.8) is 0 Å². The van der Waals surface area contributed by atoms with Gasteiger partial charge in [0.15, 0.2) is 0 Å². The maximum absolute atomic E-state index is 10.9. The molecule has 0 amide bonds. The third-order valence-corrected chi connectivity index (χ3v) is 4.63. The SMILES string of the molecule is C=C1CC[C@H](C(C)C)C2C=C(C)CCC12O. The highest BCUT2D eigenvalue weighted by atomic mass is 16.3. The van der Waals surface area contributed by atoms with Crippen molar-refractivity contribution in [3.05, 3.63) is 23.8 Å². The molecule has 2 aliphatic carbocycles. The minimum atomic E-state index is -0.604. The van der Waals surface area contributed by atoms with Gasteiger partial charge in [0.1, 0.15) is 0 Å². The van der Waals surface area contributed by atoms with E-state index < -0.39 is 5.60 Å². The van der Waals surface area contributed by atoms with Gasteiger partial charge < -0.3 is 5.11 Å². The van der Waals surface area contributed by atoms with Gasteiger partial charge >= 0.3 is 0 Å². The van der Waals surface area contributed by atoms with Crippen LogP contribution in [-0.4, -0.2) is 10.7 Å². The van der Waals surface area contributed by atoms with E-state index in [2.05, 4.69) is 33.4 Å². The van der Waals surface area contributed by atoms with E-state index in [1.807, 2.05) is 0 Å². The van der Waals surface area contributed by atoms with Gasteiger partial charge in [-0.25, -0.2) is 0 Å². The number of fused-ring (bicyclic) bond motifs is 1. The Kier molecular flexibility index (Phi) is 3.00. The smallest absolute Gasteiger partial charge is 0.0922 e. The van der Waals surface area contributed by atoms with Gasteiger partial charge in [-0.1, -0.05) is 32.1 Å². The van der Waals surface area contributed by atoms with Crippen molar-refractivity contribution >= 4 is 0 Å². The topological polar surface area (TPSA) is 20.2 Å². The number of rotatable bonds is 1. The number of hydrogen-bond donors (Lipinski definition) is 1. The minimum absolute atomic E-state index is 0.308. The van der Waals surface area contributed by atoms with Gasteiger partial charge in [0.2, 0.25) is 0 Å². The Hall–Kier alpha value is -0.560. The molecule has 0 spiro atoms. The zero-order chi connectivity index (χ0) is 11.9. The summed E-state index contributed by atoms with van der Waals surface area (Å²) in [6, 6.07) is 0. The van der Waals surface area contributed by atoms with Crippen LogP contribution in [0.5, 0.6) is 0 Å². The Morgan fingerprint density at radius 1 is 1.44 bits per heavy atom. The van der Waals surface area contributed by atoms with Crippen molar-refractivity contribution in [3.8, 4) is 0 Å². The van der Waals surface area contributed by atoms with Gasteiger partial charge in [0, 0.05) is 5.92 Å². The molecule has 2 unspecified atom stereocenters. The molecule has 0 aliphatic heterocycles. The quantitative estimate of drug-likeness (QED) is 0.668. The summed E-state index contributed by atoms with van der Waals surface area (Å²) in [4.78, 5) is 0. The number of hydrogen-bond acceptors (Lipinski definition) is 1. The van der Waals surface area contributed by atoms with Crippen molar-refractivity contribution in [2.45, 2.75) is 52.1 Å². The highest BCUT2D eigenvalue weighted by molar-refractivity contribution is 5.27. The van der Waals surface area contributed by atoms with E-state index in [9.17, 15) is 5.11 Å². The zero-order valence-corrected chi connectivity index (χ0v) is 10.8. The third kappa shape index (κ3) is 1.75. The fourth-order valence-corrected chi connectivity index (χ4v) is 3.46. The Morgan fingerprint density at radius 3 is 2.75 bits per heavy atom. The van der Waals surface area contributed by atoms with Crippen molar-refractivity contribution in [1.82, 2.24) is 0 Å². The average molecular weight is 220 g/mol. The van der Waals surface area contributed by atoms with Crippen LogP contribution >= 0.6 is 0 Å². The van der Waals surface area contributed by atoms with Crippen LogP contribution in [0.4, 0.5) is 0 Å². The average Bonchev–Trinajstić information content (AvgIpc) is 2.21. The minimum Gasteiger partial charge on any atom is -0.385 e. The third-order valence-electron chi connectivity index (χ3n) is 4.63. The van der Waals surface area contributed by atoms with Crippen molar-refractivity contribution in [2.24, 2.45) is 17.8 Å². The molecule has 1 N–H and O–H groups in total. The first kappa shape index (κ1) is 11.9. The summed E-state index contributed by atoms with van der Waals surface area (Å²) in [5.74, 6) is 1.57. The normalized spacial score (nSPS) is 39.6. The molecule has 0 saturated heterocycles. The lowest BCUT2D eigenvalue weighted by atomic mass is 9.59. The fraction of sp³-hybridized carbons (Fsp3) is 0.733. The van der Waals surface area contributed by atoms with Crippen molar-refractivity contribution in [1.29, 1.82) is 0 Å². The predicted octanol–water partition coefficient (Wildman–Crippen LogP) is 3.70. The van der Waals surface area contributed by atoms with E-state index in [0.717, 1.165) is 24.8 Å². The Labute approximate surface area is 99.3 Å². The van der Waals surface area contributed by atoms with Crippen LogP contribution in [0.3, 0.4) is 0 Å². The van der Waals surface area contributed by atoms with E-state index in [4.69, 9.17) is 0 Å². The standard InChI is InChI=1S/C15H24O/c1-10(2)13-6-5-12(4)15(16)8-7-11(3)9-14(13)15/h9-10,13-14,16H,4-8H2,1-3H3/t13-,14?,15?/m1/s1. The van der Waals surface area contributed by atoms with Crippen molar-refractivity contribution in [2.75, 3.05) is 0 Å². The molecule has 1 fully saturated rings. The summed E-state index contributed by atoms with van der Waals surface area (Å²) in [5.41, 5.74) is 1.90. The maximum atomic E-state index is 10.9. The number of allylic oxidation sites excluding steroid dienone is 1. The molecular weight excluding hydrogens is 196 g/mol. The maximum Gasteiger partial charge on any atom is 0.0922 e. The second-order valence-corrected chi connectivity index (χ2v) is 6.01. The Bertz CT molecular complexity index is 326. The fourth-order valence-electron chi connectivity index (χ4n) is 3.46. The molecule has 2 rings (SSSR count). The Balaban J connectivity index is 2.36. The molecule has 0 bridgehead atoms. The highest BCUT2D eigenvalue weighted by Crippen LogP contribution is 2.49. The first-order chi connectivity index (χ1) is 7.45. The molecule has 16 heavy (non-hydrogen) atoms. The van der Waals surface area contributed by atoms with Gasteiger partial charge in [-0.15, -0.1) is 0 Å². The molecule has 1 saturated carbocycles. The van der Waals surface area contributed by atoms with Gasteiger partial charge in [0.05, 0.1) is 5.60 Å². The molecule has 0 aromatic heterocycles. The molecule has 1 heteroatoms. The lowest BCUT2D eigenvalue weighted by molar-refractivity contribution is -0.0320. The van der Waals surface area contributed by atoms with Crippen LogP contribution in [0.25, 0.3) is 0 Å². The van der Waals surface area contributed by atoms with Gasteiger partial charge in [-0.2, -0.15) is 0 Å². The van der Waals surface area contributed by atoms with Gasteiger partial charge in [-0.3, -0.25) is 0 Å². The Morgan fingerprint density at radius 2 is 2.12 bits per heavy atom. The molecule has 0 aromatic carbocycles. The van der Waals surface area contributed by atoms with Crippen LogP contribution in [-0.2, 0) is 0 Å². The van der Waals surface area contributed by atoms with Gasteiger partial charge in [-0.05, 0) is 50.0 Å². The van der Waals surface area contributed by atoms with Crippen LogP contribution in [0.15, 0.2) is 23.8 Å². The van der Waals surface area contributed by atoms with Crippen LogP contribution in [0, 0.1) is 17.8 Å². The van der Waals surface area contributed by atoms with Gasteiger partial charge in [0.25, 0.3) is 0 Å². The van der Waals surface area contributed by atoms with Crippen LogP contribution in [0.1, 0.15) is 46.5 Å². The van der Waals surface area contributed by atoms with Crippen molar-refractivity contribution < 1.29 is 5.11 Å². The lowest BCUT2D eigenvalue weighted by Gasteiger charge is -2.49. The molecule has 2 aliphatic rings. The molecule has 3 atom stereocenters. The summed E-state index contributed by atoms with van der Waals surface area (Å²) >= 11 is 0. The lowest BCUT2D eigenvalue weighted by Crippen LogP contribution is -2.48. The van der Waals surface area contributed by atoms with E-state index >= 15 is 0 Å². The molecule has 90 valence electrons. The second-order valence-electron chi connectivity index (χ2n) is 6.01. The summed E-state index contributed by atoms with van der Waals surface area (Å²) in [5, 5.41) is 10.9. The van der Waals surface area contributed by atoms with E-state index in [0.29, 0.717) is 17.8 Å². The van der Waals surface area contributed by atoms with E-state index in [-0.39, 0.29) is 0 Å². The second kappa shape index (κ2) is 4.03. The summed E-state index contributed by atoms with van der Waals surface area (Å²) in [7, 11) is 0. The first-order valence-corrected chi connectivity index (χ1v) is 6.53. The first-order valence-electron chi connectivity index (χ1n) is 6.53. The number of aliphatic hydroxyl groups is 1.